The van der Waals surface area contributed by atoms with Gasteiger partial charge in [-0.15, -0.1) is 5.10 Å². The number of rotatable bonds is 6. The molecule has 1 aliphatic heterocycles. The number of nitriles is 1. The Labute approximate surface area is 225 Å². The van der Waals surface area contributed by atoms with Gasteiger partial charge in [0.1, 0.15) is 5.82 Å². The van der Waals surface area contributed by atoms with E-state index in [0.29, 0.717) is 35.2 Å². The number of aromatic nitrogens is 4. The molecule has 0 bridgehead atoms. The van der Waals surface area contributed by atoms with Gasteiger partial charge in [0.25, 0.3) is 5.91 Å². The summed E-state index contributed by atoms with van der Waals surface area (Å²) in [5.41, 5.74) is 3.50. The van der Waals surface area contributed by atoms with Crippen LogP contribution in [0.2, 0.25) is 5.02 Å². The van der Waals surface area contributed by atoms with Crippen molar-refractivity contribution in [2.45, 2.75) is 57.5 Å². The van der Waals surface area contributed by atoms with Crippen LogP contribution >= 0.6 is 11.6 Å². The van der Waals surface area contributed by atoms with Crippen molar-refractivity contribution in [2.24, 2.45) is 11.8 Å². The molecule has 2 aliphatic carbocycles. The number of hydrogen-bond donors (Lipinski definition) is 1. The summed E-state index contributed by atoms with van der Waals surface area (Å²) in [6.07, 6.45) is 5.85. The minimum Gasteiger partial charge on any atom is -0.348 e. The lowest BCUT2D eigenvalue weighted by Crippen LogP contribution is -2.52. The number of nitrogens with zero attached hydrogens (tertiary/aromatic N) is 6. The molecule has 1 aromatic carbocycles. The fourth-order valence-electron chi connectivity index (χ4n) is 6.05. The highest BCUT2D eigenvalue weighted by molar-refractivity contribution is 6.30. The number of anilines is 1. The maximum absolute atomic E-state index is 12.9. The van der Waals surface area contributed by atoms with Crippen LogP contribution in [0.15, 0.2) is 36.7 Å². The first-order valence-electron chi connectivity index (χ1n) is 12.9. The minimum atomic E-state index is -0.279. The van der Waals surface area contributed by atoms with Gasteiger partial charge in [-0.25, -0.2) is 9.67 Å². The third-order valence-corrected chi connectivity index (χ3v) is 8.64. The van der Waals surface area contributed by atoms with Gasteiger partial charge in [-0.3, -0.25) is 14.5 Å². The lowest BCUT2D eigenvalue weighted by molar-refractivity contribution is -0.118. The van der Waals surface area contributed by atoms with Crippen molar-refractivity contribution in [1.82, 2.24) is 25.3 Å². The van der Waals surface area contributed by atoms with Crippen molar-refractivity contribution < 1.29 is 9.59 Å². The first-order chi connectivity index (χ1) is 18.2. The van der Waals surface area contributed by atoms with Crippen molar-refractivity contribution >= 4 is 29.2 Å². The van der Waals surface area contributed by atoms with Crippen molar-refractivity contribution in [3.05, 3.63) is 69.6 Å². The zero-order valence-corrected chi connectivity index (χ0v) is 22.2. The Bertz CT molecular complexity index is 1500. The van der Waals surface area contributed by atoms with E-state index in [0.717, 1.165) is 29.7 Å². The first kappa shape index (κ1) is 24.6. The van der Waals surface area contributed by atoms with Crippen LogP contribution in [0.3, 0.4) is 0 Å². The number of benzene rings is 1. The van der Waals surface area contributed by atoms with Gasteiger partial charge in [0, 0.05) is 29.7 Å². The normalized spacial score (nSPS) is 26.3. The summed E-state index contributed by atoms with van der Waals surface area (Å²) in [5, 5.41) is 21.4. The smallest absolute Gasteiger partial charge is 0.273 e. The summed E-state index contributed by atoms with van der Waals surface area (Å²) in [6.45, 7) is 6.81. The molecule has 6 rings (SSSR count). The molecular weight excluding hydrogens is 502 g/mol. The first-order valence-corrected chi connectivity index (χ1v) is 13.3. The number of piperidine rings is 1. The third kappa shape index (κ3) is 4.13. The minimum absolute atomic E-state index is 0.0288. The number of nitrogens with one attached hydrogen (secondary N) is 1. The van der Waals surface area contributed by atoms with Gasteiger partial charge < -0.3 is 5.32 Å². The van der Waals surface area contributed by atoms with Crippen LogP contribution < -0.4 is 10.2 Å². The second kappa shape index (κ2) is 8.91. The Morgan fingerprint density at radius 3 is 2.79 bits per heavy atom. The molecule has 3 heterocycles. The average molecular weight is 530 g/mol. The van der Waals surface area contributed by atoms with Crippen LogP contribution in [0.5, 0.6) is 0 Å². The van der Waals surface area contributed by atoms with Crippen LogP contribution in [0, 0.1) is 30.1 Å². The highest BCUT2D eigenvalue weighted by Crippen LogP contribution is 2.47. The molecule has 1 unspecified atom stereocenters. The predicted octanol–water partition coefficient (Wildman–Crippen LogP) is 3.95. The second-order valence-corrected chi connectivity index (χ2v) is 11.6. The molecule has 10 heteroatoms. The van der Waals surface area contributed by atoms with Gasteiger partial charge in [0.15, 0.2) is 5.69 Å². The molecule has 194 valence electrons. The molecule has 3 aliphatic rings. The SMILES string of the molecule is Cc1cc(N2C[C@H]3C[C@H]3C2=O)ncc1C(C)n1cc(C(=O)NC2CC(C)(c3cc(Cl)ccc3C#N)C2)nn1. The van der Waals surface area contributed by atoms with Crippen molar-refractivity contribution in [2.75, 3.05) is 11.4 Å². The maximum atomic E-state index is 12.9. The number of hydrogen-bond acceptors (Lipinski definition) is 6. The topological polar surface area (TPSA) is 117 Å². The highest BCUT2D eigenvalue weighted by Gasteiger charge is 2.52. The summed E-state index contributed by atoms with van der Waals surface area (Å²) in [5.74, 6) is 1.28. The molecule has 1 saturated heterocycles. The molecule has 38 heavy (non-hydrogen) atoms. The molecule has 9 nitrogen and oxygen atoms in total. The lowest BCUT2D eigenvalue weighted by Gasteiger charge is -2.46. The zero-order chi connectivity index (χ0) is 26.8. The molecule has 2 amide bonds. The van der Waals surface area contributed by atoms with Crippen LogP contribution in [0.1, 0.15) is 71.9 Å². The molecule has 0 spiro atoms. The maximum Gasteiger partial charge on any atom is 0.273 e. The van der Waals surface area contributed by atoms with E-state index in [1.54, 1.807) is 34.1 Å². The zero-order valence-electron chi connectivity index (χ0n) is 21.5. The number of carbonyl (C=O) groups is 2. The fourth-order valence-corrected chi connectivity index (χ4v) is 6.23. The average Bonchev–Trinajstić information content (AvgIpc) is 3.33. The van der Waals surface area contributed by atoms with Gasteiger partial charge in [0.2, 0.25) is 5.91 Å². The van der Waals surface area contributed by atoms with E-state index < -0.39 is 0 Å². The van der Waals surface area contributed by atoms with E-state index in [1.807, 2.05) is 26.0 Å². The summed E-state index contributed by atoms with van der Waals surface area (Å²) in [6, 6.07) is 9.29. The molecule has 3 aromatic rings. The predicted molar refractivity (Wildman–Crippen MR) is 141 cm³/mol. The Balaban J connectivity index is 1.10. The summed E-state index contributed by atoms with van der Waals surface area (Å²) in [4.78, 5) is 31.7. The van der Waals surface area contributed by atoms with Crippen LogP contribution in [0.4, 0.5) is 5.82 Å². The summed E-state index contributed by atoms with van der Waals surface area (Å²) >= 11 is 6.18. The molecule has 3 atom stereocenters. The summed E-state index contributed by atoms with van der Waals surface area (Å²) in [7, 11) is 0. The van der Waals surface area contributed by atoms with Crippen LogP contribution in [-0.4, -0.2) is 44.4 Å². The van der Waals surface area contributed by atoms with Gasteiger partial charge >= 0.3 is 0 Å². The highest BCUT2D eigenvalue weighted by atomic mass is 35.5. The quantitative estimate of drug-likeness (QED) is 0.516. The summed E-state index contributed by atoms with van der Waals surface area (Å²) < 4.78 is 1.66. The van der Waals surface area contributed by atoms with Crippen LogP contribution in [0.25, 0.3) is 0 Å². The van der Waals surface area contributed by atoms with E-state index in [1.165, 1.54) is 0 Å². The van der Waals surface area contributed by atoms with E-state index in [2.05, 4.69) is 33.6 Å². The van der Waals surface area contributed by atoms with Crippen molar-refractivity contribution in [3.8, 4) is 6.07 Å². The van der Waals surface area contributed by atoms with Gasteiger partial charge in [-0.1, -0.05) is 23.7 Å². The third-order valence-electron chi connectivity index (χ3n) is 8.41. The molecule has 3 fully saturated rings. The lowest BCUT2D eigenvalue weighted by atomic mass is 9.62. The Kier molecular flexibility index (Phi) is 5.76. The Morgan fingerprint density at radius 2 is 2.11 bits per heavy atom. The van der Waals surface area contributed by atoms with E-state index in [4.69, 9.17) is 11.6 Å². The monoisotopic (exact) mass is 529 g/mol. The fraction of sp³-hybridized carbons (Fsp3) is 0.429. The van der Waals surface area contributed by atoms with Gasteiger partial charge in [-0.05, 0) is 85.4 Å². The number of carbonyl (C=O) groups excluding carboxylic acids is 2. The molecule has 0 radical (unpaired) electrons. The van der Waals surface area contributed by atoms with Crippen molar-refractivity contribution in [3.63, 3.8) is 0 Å². The van der Waals surface area contributed by atoms with E-state index in [9.17, 15) is 14.9 Å². The van der Waals surface area contributed by atoms with Gasteiger partial charge in [0.05, 0.1) is 23.9 Å². The number of pyridine rings is 1. The number of halogens is 1. The Hall–Kier alpha value is -3.77. The van der Waals surface area contributed by atoms with Crippen LogP contribution in [-0.2, 0) is 10.2 Å². The number of fused-ring (bicyclic) bond motifs is 1. The van der Waals surface area contributed by atoms with Gasteiger partial charge in [-0.2, -0.15) is 5.26 Å². The molecule has 2 saturated carbocycles. The molecular formula is C28H28ClN7O2. The molecule has 1 N–H and O–H groups in total. The van der Waals surface area contributed by atoms with Crippen molar-refractivity contribution in [1.29, 1.82) is 5.26 Å². The standard InChI is InChI=1S/C28H28ClN7O2/c1-15-6-25(35-13-18-7-21(18)27(35)38)31-12-22(15)16(2)36-14-24(33-34-36)26(37)32-20-9-28(3,10-20)23-8-19(29)5-4-17(23)11-30/h4-6,8,12,14,16,18,20-21H,7,9-10,13H2,1-3H3,(H,32,37)/t16?,18-,20?,21-,28?/m1/s1. The molecule has 2 aromatic heterocycles. The van der Waals surface area contributed by atoms with E-state index >= 15 is 0 Å². The second-order valence-electron chi connectivity index (χ2n) is 11.2. The number of aryl methyl sites for hydroxylation is 1. The number of amides is 2. The largest absolute Gasteiger partial charge is 0.348 e. The van der Waals surface area contributed by atoms with E-state index in [-0.39, 0.29) is 40.9 Å². The Morgan fingerprint density at radius 1 is 1.32 bits per heavy atom.